The molecule has 1 aliphatic carbocycles. The van der Waals surface area contributed by atoms with Gasteiger partial charge in [0.2, 0.25) is 0 Å². The largest absolute Gasteiger partial charge is 0.381 e. The molecule has 0 spiro atoms. The summed E-state index contributed by atoms with van der Waals surface area (Å²) in [7, 11) is 0. The molecule has 0 amide bonds. The second kappa shape index (κ2) is 5.50. The minimum atomic E-state index is 0.807. The first kappa shape index (κ1) is 10.9. The Bertz CT molecular complexity index is 166. The summed E-state index contributed by atoms with van der Waals surface area (Å²) in [5.74, 6) is 1.96. The zero-order chi connectivity index (χ0) is 9.80. The molecule has 0 N–H and O–H groups in total. The second-order valence-electron chi connectivity index (χ2n) is 4.92. The second-order valence-corrected chi connectivity index (χ2v) is 6.22. The van der Waals surface area contributed by atoms with Crippen LogP contribution in [0.25, 0.3) is 0 Å². The van der Waals surface area contributed by atoms with Crippen LogP contribution in [0.5, 0.6) is 0 Å². The van der Waals surface area contributed by atoms with Gasteiger partial charge in [0.1, 0.15) is 0 Å². The van der Waals surface area contributed by atoms with E-state index in [4.69, 9.17) is 4.74 Å². The highest BCUT2D eigenvalue weighted by molar-refractivity contribution is 9.09. The maximum Gasteiger partial charge on any atom is 0.0468 e. The summed E-state index contributed by atoms with van der Waals surface area (Å²) in [4.78, 5) is 0.807. The van der Waals surface area contributed by atoms with Gasteiger partial charge in [-0.2, -0.15) is 0 Å². The Morgan fingerprint density at radius 3 is 2.50 bits per heavy atom. The summed E-state index contributed by atoms with van der Waals surface area (Å²) in [5, 5.41) is 0. The van der Waals surface area contributed by atoms with Crippen molar-refractivity contribution in [2.24, 2.45) is 11.8 Å². The van der Waals surface area contributed by atoms with Crippen LogP contribution in [-0.4, -0.2) is 18.0 Å². The molecular formula is C12H21BrO. The maximum absolute atomic E-state index is 5.40. The average molecular weight is 261 g/mol. The van der Waals surface area contributed by atoms with E-state index in [0.29, 0.717) is 0 Å². The summed E-state index contributed by atoms with van der Waals surface area (Å²) in [6.07, 6.45) is 9.79. The number of rotatable bonds is 2. The number of alkyl halides is 1. The molecule has 0 aromatic rings. The van der Waals surface area contributed by atoms with Crippen molar-refractivity contribution in [3.63, 3.8) is 0 Å². The minimum Gasteiger partial charge on any atom is -0.381 e. The lowest BCUT2D eigenvalue weighted by molar-refractivity contribution is 0.0565. The summed E-state index contributed by atoms with van der Waals surface area (Å²) in [6.45, 7) is 2.02. The van der Waals surface area contributed by atoms with Crippen LogP contribution in [0, 0.1) is 11.8 Å². The molecule has 1 nitrogen and oxygen atoms in total. The molecule has 0 aromatic heterocycles. The first-order valence-corrected chi connectivity index (χ1v) is 6.98. The number of ether oxygens (including phenoxy) is 1. The average Bonchev–Trinajstić information content (AvgIpc) is 2.19. The van der Waals surface area contributed by atoms with Gasteiger partial charge in [0.05, 0.1) is 0 Å². The molecule has 0 bridgehead atoms. The van der Waals surface area contributed by atoms with E-state index in [-0.39, 0.29) is 0 Å². The van der Waals surface area contributed by atoms with Gasteiger partial charge < -0.3 is 4.74 Å². The highest BCUT2D eigenvalue weighted by Crippen LogP contribution is 2.35. The third kappa shape index (κ3) is 3.23. The first-order chi connectivity index (χ1) is 6.84. The molecule has 2 rings (SSSR count). The van der Waals surface area contributed by atoms with Crippen LogP contribution < -0.4 is 0 Å². The van der Waals surface area contributed by atoms with E-state index in [1.54, 1.807) is 0 Å². The van der Waals surface area contributed by atoms with Crippen LogP contribution in [0.15, 0.2) is 0 Å². The zero-order valence-corrected chi connectivity index (χ0v) is 10.5. The van der Waals surface area contributed by atoms with Crippen LogP contribution >= 0.6 is 15.9 Å². The fourth-order valence-corrected chi connectivity index (χ4v) is 3.75. The third-order valence-electron chi connectivity index (χ3n) is 3.73. The molecule has 2 unspecified atom stereocenters. The highest BCUT2D eigenvalue weighted by atomic mass is 79.9. The number of hydrogen-bond acceptors (Lipinski definition) is 1. The van der Waals surface area contributed by atoms with E-state index < -0.39 is 0 Å². The fraction of sp³-hybridized carbons (Fsp3) is 1.00. The maximum atomic E-state index is 5.40. The fourth-order valence-electron chi connectivity index (χ4n) is 2.89. The SMILES string of the molecule is BrC1CCCC(CC2CCOCC2)C1. The minimum absolute atomic E-state index is 0.807. The predicted molar refractivity (Wildman–Crippen MR) is 62.8 cm³/mol. The standard InChI is InChI=1S/C12H21BrO/c13-12-3-1-2-11(9-12)8-10-4-6-14-7-5-10/h10-12H,1-9H2. The van der Waals surface area contributed by atoms with E-state index in [2.05, 4.69) is 15.9 Å². The van der Waals surface area contributed by atoms with Crippen molar-refractivity contribution < 1.29 is 4.74 Å². The third-order valence-corrected chi connectivity index (χ3v) is 4.56. The smallest absolute Gasteiger partial charge is 0.0468 e. The van der Waals surface area contributed by atoms with E-state index >= 15 is 0 Å². The van der Waals surface area contributed by atoms with E-state index in [0.717, 1.165) is 29.9 Å². The van der Waals surface area contributed by atoms with Crippen LogP contribution in [0.3, 0.4) is 0 Å². The molecular weight excluding hydrogens is 240 g/mol. The zero-order valence-electron chi connectivity index (χ0n) is 8.88. The van der Waals surface area contributed by atoms with Crippen molar-refractivity contribution in [1.29, 1.82) is 0 Å². The Kier molecular flexibility index (Phi) is 4.30. The van der Waals surface area contributed by atoms with Gasteiger partial charge in [-0.3, -0.25) is 0 Å². The molecule has 2 atom stereocenters. The number of halogens is 1. The van der Waals surface area contributed by atoms with Crippen molar-refractivity contribution >= 4 is 15.9 Å². The van der Waals surface area contributed by atoms with E-state index in [1.165, 1.54) is 44.9 Å². The van der Waals surface area contributed by atoms with Gasteiger partial charge in [-0.15, -0.1) is 0 Å². The molecule has 1 aliphatic heterocycles. The normalized spacial score (nSPS) is 35.8. The topological polar surface area (TPSA) is 9.23 Å². The summed E-state index contributed by atoms with van der Waals surface area (Å²) >= 11 is 3.77. The van der Waals surface area contributed by atoms with Crippen molar-refractivity contribution in [2.45, 2.75) is 49.8 Å². The quantitative estimate of drug-likeness (QED) is 0.688. The van der Waals surface area contributed by atoms with Crippen molar-refractivity contribution in [3.05, 3.63) is 0 Å². The lowest BCUT2D eigenvalue weighted by Crippen LogP contribution is -2.22. The number of hydrogen-bond donors (Lipinski definition) is 0. The Hall–Kier alpha value is 0.440. The van der Waals surface area contributed by atoms with Gasteiger partial charge in [0.15, 0.2) is 0 Å². The lowest BCUT2D eigenvalue weighted by atomic mass is 9.80. The van der Waals surface area contributed by atoms with Crippen molar-refractivity contribution in [3.8, 4) is 0 Å². The van der Waals surface area contributed by atoms with Crippen molar-refractivity contribution in [2.75, 3.05) is 13.2 Å². The van der Waals surface area contributed by atoms with Gasteiger partial charge in [0.25, 0.3) is 0 Å². The van der Waals surface area contributed by atoms with Crippen LogP contribution in [0.4, 0.5) is 0 Å². The van der Waals surface area contributed by atoms with Gasteiger partial charge >= 0.3 is 0 Å². The summed E-state index contributed by atoms with van der Waals surface area (Å²) in [5.41, 5.74) is 0. The van der Waals surface area contributed by atoms with Crippen LogP contribution in [-0.2, 0) is 4.74 Å². The molecule has 1 saturated carbocycles. The van der Waals surface area contributed by atoms with Crippen molar-refractivity contribution in [1.82, 2.24) is 0 Å². The Balaban J connectivity index is 1.72. The Morgan fingerprint density at radius 2 is 1.79 bits per heavy atom. The van der Waals surface area contributed by atoms with Crippen LogP contribution in [0.2, 0.25) is 0 Å². The summed E-state index contributed by atoms with van der Waals surface area (Å²) in [6, 6.07) is 0. The van der Waals surface area contributed by atoms with E-state index in [9.17, 15) is 0 Å². The molecule has 14 heavy (non-hydrogen) atoms. The van der Waals surface area contributed by atoms with Crippen LogP contribution in [0.1, 0.15) is 44.9 Å². The molecule has 2 aliphatic rings. The first-order valence-electron chi connectivity index (χ1n) is 6.06. The highest BCUT2D eigenvalue weighted by Gasteiger charge is 2.24. The molecule has 1 heterocycles. The molecule has 82 valence electrons. The molecule has 1 saturated heterocycles. The Morgan fingerprint density at radius 1 is 1.00 bits per heavy atom. The van der Waals surface area contributed by atoms with Gasteiger partial charge in [0, 0.05) is 18.0 Å². The van der Waals surface area contributed by atoms with Gasteiger partial charge in [-0.1, -0.05) is 28.8 Å². The van der Waals surface area contributed by atoms with Gasteiger partial charge in [-0.05, 0) is 43.9 Å². The predicted octanol–water partition coefficient (Wildman–Crippen LogP) is 3.76. The molecule has 0 radical (unpaired) electrons. The lowest BCUT2D eigenvalue weighted by Gasteiger charge is -2.30. The van der Waals surface area contributed by atoms with E-state index in [1.807, 2.05) is 0 Å². The summed E-state index contributed by atoms with van der Waals surface area (Å²) < 4.78 is 5.40. The molecule has 2 heteroatoms. The van der Waals surface area contributed by atoms with Gasteiger partial charge in [-0.25, -0.2) is 0 Å². The Labute approximate surface area is 95.7 Å². The molecule has 2 fully saturated rings. The monoisotopic (exact) mass is 260 g/mol. The molecule has 0 aromatic carbocycles.